The number of anilines is 1. The van der Waals surface area contributed by atoms with E-state index in [0.29, 0.717) is 17.2 Å². The van der Waals surface area contributed by atoms with Gasteiger partial charge in [0.1, 0.15) is 11.5 Å². The van der Waals surface area contributed by atoms with Gasteiger partial charge in [0, 0.05) is 10.7 Å². The highest BCUT2D eigenvalue weighted by Crippen LogP contribution is 2.26. The minimum Gasteiger partial charge on any atom is -0.457 e. The summed E-state index contributed by atoms with van der Waals surface area (Å²) in [6.45, 7) is -0.556. The Morgan fingerprint density at radius 1 is 0.879 bits per heavy atom. The minimum atomic E-state index is -3.85. The predicted molar refractivity (Wildman–Crippen MR) is 126 cm³/mol. The van der Waals surface area contributed by atoms with Gasteiger partial charge in [-0.2, -0.15) is 0 Å². The predicted octanol–water partition coefficient (Wildman–Crippen LogP) is 5.13. The Hall–Kier alpha value is -3.07. The van der Waals surface area contributed by atoms with Crippen LogP contribution in [0.5, 0.6) is 11.5 Å². The fourth-order valence-corrected chi connectivity index (χ4v) is 4.72. The van der Waals surface area contributed by atoms with E-state index in [2.05, 4.69) is 5.32 Å². The molecule has 7 nitrogen and oxygen atoms in total. The topological polar surface area (TPSA) is 98.8 Å². The average molecular weight is 508 g/mol. The van der Waals surface area contributed by atoms with Crippen LogP contribution in [-0.4, -0.2) is 32.7 Å². The van der Waals surface area contributed by atoms with Gasteiger partial charge in [0.05, 0.1) is 22.1 Å². The lowest BCUT2D eigenvalue weighted by atomic mass is 10.3. The van der Waals surface area contributed by atoms with Crippen LogP contribution in [0.3, 0.4) is 0 Å². The highest BCUT2D eigenvalue weighted by Gasteiger charge is 2.21. The first-order chi connectivity index (χ1) is 15.7. The van der Waals surface area contributed by atoms with Crippen molar-refractivity contribution in [1.82, 2.24) is 0 Å². The van der Waals surface area contributed by atoms with Crippen LogP contribution in [0.15, 0.2) is 77.7 Å². The zero-order valence-corrected chi connectivity index (χ0v) is 19.5. The maximum absolute atomic E-state index is 12.4. The molecule has 0 aliphatic heterocycles. The summed E-state index contributed by atoms with van der Waals surface area (Å²) in [5, 5.41) is 2.79. The Labute approximate surface area is 201 Å². The molecule has 3 rings (SSSR count). The van der Waals surface area contributed by atoms with E-state index in [0.717, 1.165) is 0 Å². The van der Waals surface area contributed by atoms with Crippen LogP contribution >= 0.6 is 23.2 Å². The van der Waals surface area contributed by atoms with Gasteiger partial charge in [0.2, 0.25) is 0 Å². The molecule has 0 unspecified atom stereocenters. The van der Waals surface area contributed by atoms with E-state index in [4.69, 9.17) is 32.7 Å². The first-order valence-corrected chi connectivity index (χ1v) is 12.1. The number of carbonyl (C=O) groups is 2. The number of esters is 1. The number of halogens is 2. The maximum atomic E-state index is 12.4. The van der Waals surface area contributed by atoms with E-state index < -0.39 is 40.5 Å². The molecular formula is C23H19Cl2NO6S. The summed E-state index contributed by atoms with van der Waals surface area (Å²) in [5.41, 5.74) is 0.481. The Morgan fingerprint density at radius 3 is 2.24 bits per heavy atom. The standard InChI is InChI=1S/C23H19Cl2NO6S/c24-16-6-11-20(25)21(14-16)33(29,30)13-12-23(28)31-15-22(27)26-17-7-9-19(10-8-17)32-18-4-2-1-3-5-18/h1-11,14H,12-13,15H2,(H,26,27). The molecule has 3 aromatic rings. The van der Waals surface area contributed by atoms with Crippen LogP contribution in [0, 0.1) is 0 Å². The van der Waals surface area contributed by atoms with Crippen molar-refractivity contribution in [3.8, 4) is 11.5 Å². The van der Waals surface area contributed by atoms with E-state index in [-0.39, 0.29) is 14.9 Å². The molecule has 0 spiro atoms. The number of nitrogens with one attached hydrogen (secondary N) is 1. The lowest BCUT2D eigenvalue weighted by Gasteiger charge is -2.09. The van der Waals surface area contributed by atoms with Gasteiger partial charge < -0.3 is 14.8 Å². The zero-order valence-electron chi connectivity index (χ0n) is 17.2. The Kier molecular flexibility index (Phi) is 8.32. The first kappa shape index (κ1) is 24.6. The molecule has 0 heterocycles. The zero-order chi connectivity index (χ0) is 23.8. The summed E-state index contributed by atoms with van der Waals surface area (Å²) in [7, 11) is -3.85. The number of benzene rings is 3. The minimum absolute atomic E-state index is 0.00679. The quantitative estimate of drug-likeness (QED) is 0.403. The second kappa shape index (κ2) is 11.2. The molecule has 0 bridgehead atoms. The highest BCUT2D eigenvalue weighted by molar-refractivity contribution is 7.91. The molecule has 0 aliphatic carbocycles. The van der Waals surface area contributed by atoms with Crippen molar-refractivity contribution in [2.24, 2.45) is 0 Å². The van der Waals surface area contributed by atoms with Crippen LogP contribution in [0.25, 0.3) is 0 Å². The number of carbonyl (C=O) groups excluding carboxylic acids is 2. The third-order valence-electron chi connectivity index (χ3n) is 4.28. The molecule has 0 saturated heterocycles. The fourth-order valence-electron chi connectivity index (χ4n) is 2.69. The molecule has 0 saturated carbocycles. The van der Waals surface area contributed by atoms with Gasteiger partial charge in [0.15, 0.2) is 16.4 Å². The number of sulfone groups is 1. The average Bonchev–Trinajstić information content (AvgIpc) is 2.80. The summed E-state index contributed by atoms with van der Waals surface area (Å²) < 4.78 is 35.3. The van der Waals surface area contributed by atoms with Crippen LogP contribution < -0.4 is 10.1 Å². The fraction of sp³-hybridized carbons (Fsp3) is 0.130. The molecule has 33 heavy (non-hydrogen) atoms. The normalized spacial score (nSPS) is 11.0. The van der Waals surface area contributed by atoms with Crippen molar-refractivity contribution in [2.75, 3.05) is 17.7 Å². The number of ether oxygens (including phenoxy) is 2. The van der Waals surface area contributed by atoms with E-state index >= 15 is 0 Å². The highest BCUT2D eigenvalue weighted by atomic mass is 35.5. The second-order valence-corrected chi connectivity index (χ2v) is 9.71. The number of hydrogen-bond donors (Lipinski definition) is 1. The molecule has 0 aromatic heterocycles. The van der Waals surface area contributed by atoms with Gasteiger partial charge >= 0.3 is 5.97 Å². The Balaban J connectivity index is 1.44. The smallest absolute Gasteiger partial charge is 0.307 e. The molecule has 0 atom stereocenters. The van der Waals surface area contributed by atoms with Crippen LogP contribution in [-0.2, 0) is 24.2 Å². The third-order valence-corrected chi connectivity index (χ3v) is 6.71. The second-order valence-electron chi connectivity index (χ2n) is 6.79. The summed E-state index contributed by atoms with van der Waals surface area (Å²) >= 11 is 11.7. The molecule has 172 valence electrons. The number of para-hydroxylation sites is 1. The number of amides is 1. The summed E-state index contributed by atoms with van der Waals surface area (Å²) in [6, 6.07) is 19.9. The monoisotopic (exact) mass is 507 g/mol. The van der Waals surface area contributed by atoms with E-state index in [9.17, 15) is 18.0 Å². The Bertz CT molecular complexity index is 1230. The summed E-state index contributed by atoms with van der Waals surface area (Å²) in [4.78, 5) is 23.8. The molecule has 1 N–H and O–H groups in total. The molecule has 10 heteroatoms. The van der Waals surface area contributed by atoms with Gasteiger partial charge in [-0.05, 0) is 54.6 Å². The van der Waals surface area contributed by atoms with Crippen molar-refractivity contribution in [2.45, 2.75) is 11.3 Å². The van der Waals surface area contributed by atoms with Crippen LogP contribution in [0.1, 0.15) is 6.42 Å². The largest absolute Gasteiger partial charge is 0.457 e. The first-order valence-electron chi connectivity index (χ1n) is 9.69. The lowest BCUT2D eigenvalue weighted by molar-refractivity contribution is -0.146. The molecule has 0 radical (unpaired) electrons. The molecule has 0 fully saturated rings. The van der Waals surface area contributed by atoms with E-state index in [1.54, 1.807) is 24.3 Å². The third kappa shape index (κ3) is 7.49. The van der Waals surface area contributed by atoms with E-state index in [1.165, 1.54) is 18.2 Å². The van der Waals surface area contributed by atoms with E-state index in [1.807, 2.05) is 30.3 Å². The van der Waals surface area contributed by atoms with Gasteiger partial charge in [-0.25, -0.2) is 8.42 Å². The van der Waals surface area contributed by atoms with Crippen molar-refractivity contribution < 1.29 is 27.5 Å². The summed E-state index contributed by atoms with van der Waals surface area (Å²) in [5.74, 6) is -0.664. The van der Waals surface area contributed by atoms with Crippen LogP contribution in [0.2, 0.25) is 10.0 Å². The molecule has 3 aromatic carbocycles. The number of rotatable bonds is 9. The van der Waals surface area contributed by atoms with Crippen LogP contribution in [0.4, 0.5) is 5.69 Å². The van der Waals surface area contributed by atoms with Crippen molar-refractivity contribution in [1.29, 1.82) is 0 Å². The van der Waals surface area contributed by atoms with Crippen molar-refractivity contribution >= 4 is 50.6 Å². The number of hydrogen-bond acceptors (Lipinski definition) is 6. The molecular weight excluding hydrogens is 489 g/mol. The van der Waals surface area contributed by atoms with Crippen molar-refractivity contribution in [3.05, 3.63) is 82.8 Å². The molecule has 1 amide bonds. The van der Waals surface area contributed by atoms with Crippen molar-refractivity contribution in [3.63, 3.8) is 0 Å². The lowest BCUT2D eigenvalue weighted by Crippen LogP contribution is -2.22. The molecule has 0 aliphatic rings. The van der Waals surface area contributed by atoms with Gasteiger partial charge in [-0.15, -0.1) is 0 Å². The SMILES string of the molecule is O=C(COC(=O)CCS(=O)(=O)c1cc(Cl)ccc1Cl)Nc1ccc(Oc2ccccc2)cc1. The van der Waals surface area contributed by atoms with Gasteiger partial charge in [0.25, 0.3) is 5.91 Å². The van der Waals surface area contributed by atoms with Gasteiger partial charge in [-0.1, -0.05) is 41.4 Å². The van der Waals surface area contributed by atoms with Gasteiger partial charge in [-0.3, -0.25) is 9.59 Å². The maximum Gasteiger partial charge on any atom is 0.307 e. The summed E-state index contributed by atoms with van der Waals surface area (Å²) in [6.07, 6.45) is -0.440. The Morgan fingerprint density at radius 2 is 1.55 bits per heavy atom.